The smallest absolute Gasteiger partial charge is 0.0589 e. The van der Waals surface area contributed by atoms with Crippen LogP contribution in [0, 0.1) is 5.92 Å². The highest BCUT2D eigenvalue weighted by molar-refractivity contribution is 5.85. The van der Waals surface area contributed by atoms with Crippen LogP contribution in [0.3, 0.4) is 0 Å². The zero-order valence-corrected chi connectivity index (χ0v) is 14.5. The SMILES string of the molecule is CCCCC1CN2CCc3c([nH]c4ccccc34)[C@@]2(C)C1.Cl. The van der Waals surface area contributed by atoms with Gasteiger partial charge in [0.1, 0.15) is 0 Å². The van der Waals surface area contributed by atoms with Crippen LogP contribution in [0.15, 0.2) is 24.3 Å². The number of H-pyrrole nitrogens is 1. The number of aromatic nitrogens is 1. The Labute approximate surface area is 139 Å². The van der Waals surface area contributed by atoms with Gasteiger partial charge in [-0.2, -0.15) is 0 Å². The van der Waals surface area contributed by atoms with Crippen LogP contribution in [0.5, 0.6) is 0 Å². The Bertz CT molecular complexity index is 662. The van der Waals surface area contributed by atoms with Gasteiger partial charge in [-0.05, 0) is 43.7 Å². The third kappa shape index (κ3) is 2.28. The molecule has 1 aromatic carbocycles. The van der Waals surface area contributed by atoms with E-state index >= 15 is 0 Å². The molecule has 1 aromatic heterocycles. The molecule has 0 aliphatic carbocycles. The van der Waals surface area contributed by atoms with E-state index in [2.05, 4.69) is 48.0 Å². The molecule has 4 rings (SSSR count). The van der Waals surface area contributed by atoms with E-state index in [-0.39, 0.29) is 17.9 Å². The molecule has 22 heavy (non-hydrogen) atoms. The summed E-state index contributed by atoms with van der Waals surface area (Å²) in [6, 6.07) is 8.82. The minimum absolute atomic E-state index is 0. The largest absolute Gasteiger partial charge is 0.357 e. The number of halogens is 1. The Morgan fingerprint density at radius 3 is 2.95 bits per heavy atom. The molecule has 0 bridgehead atoms. The number of hydrogen-bond donors (Lipinski definition) is 1. The van der Waals surface area contributed by atoms with Gasteiger partial charge >= 0.3 is 0 Å². The lowest BCUT2D eigenvalue weighted by molar-refractivity contribution is 0.139. The van der Waals surface area contributed by atoms with E-state index < -0.39 is 0 Å². The van der Waals surface area contributed by atoms with Crippen molar-refractivity contribution in [3.63, 3.8) is 0 Å². The second-order valence-corrected chi connectivity index (χ2v) is 7.21. The lowest BCUT2D eigenvalue weighted by Crippen LogP contribution is -2.44. The fourth-order valence-electron chi connectivity index (χ4n) is 4.72. The summed E-state index contributed by atoms with van der Waals surface area (Å²) < 4.78 is 0. The Balaban J connectivity index is 0.00000144. The predicted octanol–water partition coefficient (Wildman–Crippen LogP) is 4.87. The molecule has 1 fully saturated rings. The lowest BCUT2D eigenvalue weighted by Gasteiger charge is -2.39. The van der Waals surface area contributed by atoms with Crippen molar-refractivity contribution in [2.24, 2.45) is 5.92 Å². The number of benzene rings is 1. The van der Waals surface area contributed by atoms with Crippen LogP contribution in [-0.4, -0.2) is 23.0 Å². The molecule has 0 amide bonds. The van der Waals surface area contributed by atoms with E-state index in [4.69, 9.17) is 0 Å². The number of fused-ring (bicyclic) bond motifs is 5. The summed E-state index contributed by atoms with van der Waals surface area (Å²) in [6.45, 7) is 7.30. The number of nitrogens with one attached hydrogen (secondary N) is 1. The van der Waals surface area contributed by atoms with Gasteiger partial charge in [0.25, 0.3) is 0 Å². The van der Waals surface area contributed by atoms with E-state index in [1.165, 1.54) is 61.8 Å². The van der Waals surface area contributed by atoms with Crippen LogP contribution in [0.25, 0.3) is 10.9 Å². The van der Waals surface area contributed by atoms with Crippen LogP contribution in [0.2, 0.25) is 0 Å². The van der Waals surface area contributed by atoms with Crippen molar-refractivity contribution in [2.75, 3.05) is 13.1 Å². The van der Waals surface area contributed by atoms with E-state index in [0.717, 1.165) is 5.92 Å². The van der Waals surface area contributed by atoms with Crippen molar-refractivity contribution in [3.05, 3.63) is 35.5 Å². The van der Waals surface area contributed by atoms with E-state index in [0.29, 0.717) is 0 Å². The maximum absolute atomic E-state index is 3.76. The van der Waals surface area contributed by atoms with Crippen molar-refractivity contribution in [1.29, 1.82) is 0 Å². The minimum Gasteiger partial charge on any atom is -0.357 e. The number of unbranched alkanes of at least 4 members (excludes halogenated alkanes) is 1. The number of para-hydroxylation sites is 1. The van der Waals surface area contributed by atoms with Gasteiger partial charge in [0.2, 0.25) is 0 Å². The Morgan fingerprint density at radius 2 is 2.14 bits per heavy atom. The van der Waals surface area contributed by atoms with Gasteiger partial charge in [0.05, 0.1) is 5.54 Å². The Morgan fingerprint density at radius 1 is 1.32 bits per heavy atom. The molecule has 1 N–H and O–H groups in total. The summed E-state index contributed by atoms with van der Waals surface area (Å²) >= 11 is 0. The monoisotopic (exact) mass is 318 g/mol. The van der Waals surface area contributed by atoms with Gasteiger partial charge in [-0.15, -0.1) is 12.4 Å². The topological polar surface area (TPSA) is 19.0 Å². The van der Waals surface area contributed by atoms with Gasteiger partial charge in [-0.25, -0.2) is 0 Å². The molecule has 2 aromatic rings. The number of aromatic amines is 1. The normalized spacial score (nSPS) is 27.5. The highest BCUT2D eigenvalue weighted by Gasteiger charge is 2.47. The summed E-state index contributed by atoms with van der Waals surface area (Å²) in [4.78, 5) is 6.50. The van der Waals surface area contributed by atoms with Crippen LogP contribution in [-0.2, 0) is 12.0 Å². The molecule has 1 unspecified atom stereocenters. The summed E-state index contributed by atoms with van der Waals surface area (Å²) in [6.07, 6.45) is 6.64. The van der Waals surface area contributed by atoms with Crippen LogP contribution in [0.1, 0.15) is 50.8 Å². The second kappa shape index (κ2) is 5.90. The maximum atomic E-state index is 3.76. The summed E-state index contributed by atoms with van der Waals surface area (Å²) in [5.74, 6) is 0.882. The zero-order valence-electron chi connectivity index (χ0n) is 13.7. The molecule has 3 heteroatoms. The standard InChI is InChI=1S/C19H26N2.ClH/c1-3-4-7-14-12-19(2)18-16(10-11-21(19)13-14)15-8-5-6-9-17(15)20-18;/h5-6,8-9,14,20H,3-4,7,10-13H2,1-2H3;1H/t14?,19-;/m1./s1. The third-order valence-electron chi connectivity index (χ3n) is 5.81. The molecule has 0 saturated carbocycles. The molecular weight excluding hydrogens is 292 g/mol. The van der Waals surface area contributed by atoms with Gasteiger partial charge in [0, 0.05) is 29.7 Å². The highest BCUT2D eigenvalue weighted by atomic mass is 35.5. The molecule has 0 radical (unpaired) electrons. The van der Waals surface area contributed by atoms with Crippen molar-refractivity contribution < 1.29 is 0 Å². The maximum Gasteiger partial charge on any atom is 0.0589 e. The first kappa shape index (κ1) is 15.9. The van der Waals surface area contributed by atoms with E-state index in [1.807, 2.05) is 0 Å². The van der Waals surface area contributed by atoms with Gasteiger partial charge in [0.15, 0.2) is 0 Å². The summed E-state index contributed by atoms with van der Waals surface area (Å²) in [7, 11) is 0. The van der Waals surface area contributed by atoms with E-state index in [1.54, 1.807) is 5.56 Å². The first-order valence-corrected chi connectivity index (χ1v) is 8.57. The van der Waals surface area contributed by atoms with Crippen LogP contribution >= 0.6 is 12.4 Å². The summed E-state index contributed by atoms with van der Waals surface area (Å²) in [5, 5.41) is 1.45. The molecule has 2 atom stereocenters. The molecule has 0 spiro atoms. The molecule has 120 valence electrons. The van der Waals surface area contributed by atoms with Crippen molar-refractivity contribution in [3.8, 4) is 0 Å². The fraction of sp³-hybridized carbons (Fsp3) is 0.579. The number of rotatable bonds is 3. The molecule has 2 nitrogen and oxygen atoms in total. The van der Waals surface area contributed by atoms with Gasteiger partial charge < -0.3 is 4.98 Å². The zero-order chi connectivity index (χ0) is 14.4. The first-order chi connectivity index (χ1) is 10.2. The minimum atomic E-state index is 0. The quantitative estimate of drug-likeness (QED) is 0.855. The predicted molar refractivity (Wildman–Crippen MR) is 95.8 cm³/mol. The van der Waals surface area contributed by atoms with E-state index in [9.17, 15) is 0 Å². The average Bonchev–Trinajstić information content (AvgIpc) is 3.03. The summed E-state index contributed by atoms with van der Waals surface area (Å²) in [5.41, 5.74) is 4.65. The lowest BCUT2D eigenvalue weighted by atomic mass is 9.84. The molecule has 1 saturated heterocycles. The Kier molecular flexibility index (Phi) is 4.26. The fourth-order valence-corrected chi connectivity index (χ4v) is 4.72. The van der Waals surface area contributed by atoms with Crippen molar-refractivity contribution in [1.82, 2.24) is 9.88 Å². The van der Waals surface area contributed by atoms with Gasteiger partial charge in [-0.1, -0.05) is 38.0 Å². The first-order valence-electron chi connectivity index (χ1n) is 8.57. The molecular formula is C19H27ClN2. The number of nitrogens with zero attached hydrogens (tertiary/aromatic N) is 1. The van der Waals surface area contributed by atoms with Crippen LogP contribution in [0.4, 0.5) is 0 Å². The third-order valence-corrected chi connectivity index (χ3v) is 5.81. The Hall–Kier alpha value is -0.990. The van der Waals surface area contributed by atoms with Crippen molar-refractivity contribution >= 4 is 23.3 Å². The molecule has 3 heterocycles. The molecule has 2 aliphatic rings. The number of hydrogen-bond acceptors (Lipinski definition) is 1. The second-order valence-electron chi connectivity index (χ2n) is 7.21. The average molecular weight is 319 g/mol. The van der Waals surface area contributed by atoms with Crippen LogP contribution < -0.4 is 0 Å². The van der Waals surface area contributed by atoms with Gasteiger partial charge in [-0.3, -0.25) is 4.90 Å². The molecule has 2 aliphatic heterocycles. The highest BCUT2D eigenvalue weighted by Crippen LogP contribution is 2.47. The van der Waals surface area contributed by atoms with Crippen molar-refractivity contribution in [2.45, 2.75) is 51.5 Å².